The van der Waals surface area contributed by atoms with E-state index < -0.39 is 5.41 Å². The zero-order valence-corrected chi connectivity index (χ0v) is 17.7. The molecule has 4 nitrogen and oxygen atoms in total. The molecule has 0 fully saturated rings. The van der Waals surface area contributed by atoms with Gasteiger partial charge in [-0.15, -0.1) is 0 Å². The molecule has 0 bridgehead atoms. The van der Waals surface area contributed by atoms with Gasteiger partial charge in [-0.25, -0.2) is 4.98 Å². The van der Waals surface area contributed by atoms with Gasteiger partial charge in [0.2, 0.25) is 0 Å². The van der Waals surface area contributed by atoms with Gasteiger partial charge >= 0.3 is 0 Å². The first kappa shape index (κ1) is 20.6. The Labute approximate surface area is 182 Å². The van der Waals surface area contributed by atoms with Gasteiger partial charge in [-0.1, -0.05) is 50.2 Å². The fourth-order valence-corrected chi connectivity index (χ4v) is 3.95. The zero-order chi connectivity index (χ0) is 21.8. The number of pyridine rings is 1. The molecule has 3 aromatic carbocycles. The van der Waals surface area contributed by atoms with Gasteiger partial charge in [-0.3, -0.25) is 4.79 Å². The van der Waals surface area contributed by atoms with Crippen LogP contribution in [0.5, 0.6) is 11.5 Å². The van der Waals surface area contributed by atoms with Crippen molar-refractivity contribution in [2.45, 2.75) is 32.3 Å². The quantitative estimate of drug-likeness (QED) is 0.376. The number of benzene rings is 3. The molecule has 1 atom stereocenters. The van der Waals surface area contributed by atoms with Crippen molar-refractivity contribution in [2.75, 3.05) is 0 Å². The molecule has 0 saturated heterocycles. The maximum Gasteiger partial charge on any atom is 0.150 e. The van der Waals surface area contributed by atoms with E-state index in [1.54, 1.807) is 18.2 Å². The molecule has 4 heteroatoms. The summed E-state index contributed by atoms with van der Waals surface area (Å²) in [6.45, 7) is 4.49. The van der Waals surface area contributed by atoms with Crippen LogP contribution in [-0.4, -0.2) is 16.4 Å². The normalized spacial score (nSPS) is 13.0. The number of hydrogen-bond acceptors (Lipinski definition) is 4. The first-order valence-electron chi connectivity index (χ1n) is 10.4. The van der Waals surface area contributed by atoms with E-state index >= 15 is 0 Å². The molecule has 0 aliphatic heterocycles. The van der Waals surface area contributed by atoms with Crippen LogP contribution in [0, 0.1) is 0 Å². The van der Waals surface area contributed by atoms with Crippen LogP contribution in [0.4, 0.5) is 0 Å². The van der Waals surface area contributed by atoms with Crippen LogP contribution in [-0.2, 0) is 12.0 Å². The second kappa shape index (κ2) is 8.60. The molecule has 1 heterocycles. The smallest absolute Gasteiger partial charge is 0.150 e. The number of phenolic OH excluding ortho intramolecular Hbond substituents is 1. The van der Waals surface area contributed by atoms with Gasteiger partial charge < -0.3 is 9.84 Å². The fraction of sp³-hybridized carbons (Fsp3) is 0.185. The predicted octanol–water partition coefficient (Wildman–Crippen LogP) is 6.05. The summed E-state index contributed by atoms with van der Waals surface area (Å²) in [4.78, 5) is 16.5. The van der Waals surface area contributed by atoms with Crippen molar-refractivity contribution >= 4 is 17.2 Å². The highest BCUT2D eigenvalue weighted by atomic mass is 16.5. The molecule has 1 N–H and O–H groups in total. The summed E-state index contributed by atoms with van der Waals surface area (Å²) in [5.41, 5.74) is 3.76. The number of ether oxygens (including phenoxy) is 1. The summed E-state index contributed by atoms with van der Waals surface area (Å²) in [5, 5.41) is 11.1. The summed E-state index contributed by atoms with van der Waals surface area (Å²) >= 11 is 0. The minimum absolute atomic E-state index is 0.208. The van der Waals surface area contributed by atoms with Crippen molar-refractivity contribution < 1.29 is 14.6 Å². The van der Waals surface area contributed by atoms with Crippen molar-refractivity contribution in [3.05, 3.63) is 101 Å². The highest BCUT2D eigenvalue weighted by Gasteiger charge is 2.30. The average Bonchev–Trinajstić information content (AvgIpc) is 2.82. The monoisotopic (exact) mass is 411 g/mol. The lowest BCUT2D eigenvalue weighted by Crippen LogP contribution is -2.24. The van der Waals surface area contributed by atoms with Crippen LogP contribution >= 0.6 is 0 Å². The number of carbonyl (C=O) groups excluding carboxylic acids is 1. The number of nitrogens with zero attached hydrogens (tertiary/aromatic N) is 1. The number of rotatable bonds is 7. The third kappa shape index (κ3) is 4.15. The van der Waals surface area contributed by atoms with Crippen LogP contribution in [0.1, 0.15) is 47.4 Å². The third-order valence-electron chi connectivity index (χ3n) is 5.98. The van der Waals surface area contributed by atoms with Crippen molar-refractivity contribution in [2.24, 2.45) is 0 Å². The predicted molar refractivity (Wildman–Crippen MR) is 123 cm³/mol. The van der Waals surface area contributed by atoms with E-state index in [9.17, 15) is 9.90 Å². The minimum Gasteiger partial charge on any atom is -0.508 e. The molecule has 4 aromatic rings. The Bertz CT molecular complexity index is 1230. The Morgan fingerprint density at radius 3 is 2.61 bits per heavy atom. The summed E-state index contributed by atoms with van der Waals surface area (Å²) in [6, 6.07) is 24.7. The zero-order valence-electron chi connectivity index (χ0n) is 17.7. The Balaban J connectivity index is 1.65. The molecule has 0 amide bonds. The topological polar surface area (TPSA) is 59.4 Å². The molecule has 1 unspecified atom stereocenters. The van der Waals surface area contributed by atoms with Gasteiger partial charge in [0.25, 0.3) is 0 Å². The molecule has 1 aromatic heterocycles. The lowest BCUT2D eigenvalue weighted by molar-refractivity contribution is 0.112. The lowest BCUT2D eigenvalue weighted by Gasteiger charge is -2.31. The average molecular weight is 412 g/mol. The second-order valence-corrected chi connectivity index (χ2v) is 7.89. The van der Waals surface area contributed by atoms with Crippen LogP contribution < -0.4 is 4.74 Å². The number of hydrogen-bond donors (Lipinski definition) is 1. The Morgan fingerprint density at radius 1 is 1.00 bits per heavy atom. The van der Waals surface area contributed by atoms with E-state index in [1.807, 2.05) is 60.7 Å². The largest absolute Gasteiger partial charge is 0.508 e. The highest BCUT2D eigenvalue weighted by Crippen LogP contribution is 2.39. The molecule has 0 saturated carbocycles. The van der Waals surface area contributed by atoms with Crippen LogP contribution in [0.3, 0.4) is 0 Å². The van der Waals surface area contributed by atoms with Gasteiger partial charge in [0.05, 0.1) is 11.2 Å². The molecular weight excluding hydrogens is 386 g/mol. The van der Waals surface area contributed by atoms with Gasteiger partial charge in [0.15, 0.2) is 0 Å². The number of carbonyl (C=O) groups is 1. The number of aromatic hydroxyl groups is 1. The SMILES string of the molecule is CCC(C)(c1cccc(O)c1)c1cc(OCc2ccc3ccccc3n2)ccc1C=O. The van der Waals surface area contributed by atoms with Crippen LogP contribution in [0.2, 0.25) is 0 Å². The van der Waals surface area contributed by atoms with E-state index in [1.165, 1.54) is 0 Å². The number of para-hydroxylation sites is 1. The van der Waals surface area contributed by atoms with Crippen molar-refractivity contribution in [1.82, 2.24) is 4.98 Å². The third-order valence-corrected chi connectivity index (χ3v) is 5.98. The Hall–Kier alpha value is -3.66. The van der Waals surface area contributed by atoms with Crippen molar-refractivity contribution in [1.29, 1.82) is 0 Å². The van der Waals surface area contributed by atoms with E-state index in [2.05, 4.69) is 18.8 Å². The molecule has 4 rings (SSSR count). The number of fused-ring (bicyclic) bond motifs is 1. The number of aldehydes is 1. The Kier molecular flexibility index (Phi) is 5.72. The molecule has 0 aliphatic carbocycles. The molecule has 0 spiro atoms. The van der Waals surface area contributed by atoms with Crippen LogP contribution in [0.15, 0.2) is 78.9 Å². The van der Waals surface area contributed by atoms with Gasteiger partial charge in [0.1, 0.15) is 24.4 Å². The van der Waals surface area contributed by atoms with E-state index in [-0.39, 0.29) is 5.75 Å². The van der Waals surface area contributed by atoms with Gasteiger partial charge in [-0.05, 0) is 60.0 Å². The first-order valence-corrected chi connectivity index (χ1v) is 10.4. The molecular formula is C27H25NO3. The maximum atomic E-state index is 11.8. The molecule has 156 valence electrons. The maximum absolute atomic E-state index is 11.8. The van der Waals surface area contributed by atoms with Gasteiger partial charge in [-0.2, -0.15) is 0 Å². The van der Waals surface area contributed by atoms with E-state index in [0.29, 0.717) is 17.9 Å². The van der Waals surface area contributed by atoms with E-state index in [4.69, 9.17) is 4.74 Å². The molecule has 0 aliphatic rings. The lowest BCUT2D eigenvalue weighted by atomic mass is 9.72. The second-order valence-electron chi connectivity index (χ2n) is 7.89. The number of phenols is 1. The van der Waals surface area contributed by atoms with Gasteiger partial charge in [0, 0.05) is 16.4 Å². The fourth-order valence-electron chi connectivity index (χ4n) is 3.95. The van der Waals surface area contributed by atoms with Crippen LogP contribution in [0.25, 0.3) is 10.9 Å². The van der Waals surface area contributed by atoms with E-state index in [0.717, 1.165) is 40.4 Å². The standard InChI is InChI=1S/C27H25NO3/c1-3-27(2,21-8-6-9-23(30)15-21)25-16-24(14-12-20(25)17-29)31-18-22-13-11-19-7-4-5-10-26(19)28-22/h4-17,30H,3,18H2,1-2H3. The minimum atomic E-state index is -0.449. The molecule has 31 heavy (non-hydrogen) atoms. The first-order chi connectivity index (χ1) is 15.0. The molecule has 0 radical (unpaired) electrons. The van der Waals surface area contributed by atoms with Crippen molar-refractivity contribution in [3.63, 3.8) is 0 Å². The summed E-state index contributed by atoms with van der Waals surface area (Å²) in [6.07, 6.45) is 1.63. The Morgan fingerprint density at radius 2 is 1.84 bits per heavy atom. The highest BCUT2D eigenvalue weighted by molar-refractivity contribution is 5.79. The summed E-state index contributed by atoms with van der Waals surface area (Å²) in [7, 11) is 0. The summed E-state index contributed by atoms with van der Waals surface area (Å²) < 4.78 is 6.05. The van der Waals surface area contributed by atoms with Crippen molar-refractivity contribution in [3.8, 4) is 11.5 Å². The number of aromatic nitrogens is 1. The summed E-state index contributed by atoms with van der Waals surface area (Å²) in [5.74, 6) is 0.884.